The highest BCUT2D eigenvalue weighted by molar-refractivity contribution is 5.82. The van der Waals surface area contributed by atoms with E-state index in [0.717, 1.165) is 4.68 Å². The molecule has 3 rings (SSSR count). The van der Waals surface area contributed by atoms with Crippen molar-refractivity contribution in [1.29, 1.82) is 0 Å². The van der Waals surface area contributed by atoms with Crippen LogP contribution in [0.4, 0.5) is 23.4 Å². The molecule has 128 valence electrons. The Kier molecular flexibility index (Phi) is 4.22. The molecule has 0 saturated carbocycles. The van der Waals surface area contributed by atoms with E-state index in [-0.39, 0.29) is 35.6 Å². The summed E-state index contributed by atoms with van der Waals surface area (Å²) in [6.45, 7) is -0.185. The minimum Gasteiger partial charge on any atom is -0.357 e. The van der Waals surface area contributed by atoms with E-state index in [4.69, 9.17) is 6.42 Å². The van der Waals surface area contributed by atoms with Crippen molar-refractivity contribution < 1.29 is 17.6 Å². The number of rotatable bonds is 4. The second-order valence-corrected chi connectivity index (χ2v) is 4.96. The number of benzene rings is 1. The number of fused-ring (bicyclic) bond motifs is 1. The summed E-state index contributed by atoms with van der Waals surface area (Å²) < 4.78 is 54.0. The highest BCUT2D eigenvalue weighted by Crippen LogP contribution is 2.29. The molecule has 0 fully saturated rings. The molecule has 0 spiro atoms. The summed E-state index contributed by atoms with van der Waals surface area (Å²) in [5.74, 6) is 0.174. The summed E-state index contributed by atoms with van der Waals surface area (Å²) in [6.07, 6.45) is 0.337. The molecule has 0 bridgehead atoms. The van der Waals surface area contributed by atoms with E-state index in [1.807, 2.05) is 0 Å². The van der Waals surface area contributed by atoms with Crippen molar-refractivity contribution in [3.63, 3.8) is 0 Å². The molecule has 2 aromatic heterocycles. The first-order chi connectivity index (χ1) is 11.9. The van der Waals surface area contributed by atoms with Gasteiger partial charge >= 0.3 is 6.18 Å². The van der Waals surface area contributed by atoms with Crippen LogP contribution < -0.4 is 5.32 Å². The van der Waals surface area contributed by atoms with Gasteiger partial charge in [-0.15, -0.1) is 11.5 Å². The number of hydrogen-bond acceptors (Lipinski definition) is 5. The van der Waals surface area contributed by atoms with Crippen molar-refractivity contribution in [2.45, 2.75) is 12.7 Å². The first kappa shape index (κ1) is 16.6. The van der Waals surface area contributed by atoms with Crippen LogP contribution in [-0.2, 0) is 12.7 Å². The van der Waals surface area contributed by atoms with Gasteiger partial charge in [0, 0.05) is 5.56 Å². The maximum atomic E-state index is 13.8. The van der Waals surface area contributed by atoms with Crippen LogP contribution in [0.25, 0.3) is 11.2 Å². The molecule has 0 atom stereocenters. The van der Waals surface area contributed by atoms with Crippen LogP contribution in [0.15, 0.2) is 24.3 Å². The Labute approximate surface area is 138 Å². The number of terminal acetylenes is 1. The van der Waals surface area contributed by atoms with Gasteiger partial charge in [0.1, 0.15) is 5.82 Å². The van der Waals surface area contributed by atoms with Gasteiger partial charge in [-0.25, -0.2) is 19.0 Å². The Balaban J connectivity index is 2.12. The van der Waals surface area contributed by atoms with Gasteiger partial charge in [-0.3, -0.25) is 0 Å². The zero-order chi connectivity index (χ0) is 18.0. The van der Waals surface area contributed by atoms with Crippen LogP contribution in [0.3, 0.4) is 0 Å². The van der Waals surface area contributed by atoms with E-state index in [1.165, 1.54) is 18.2 Å². The van der Waals surface area contributed by atoms with E-state index in [9.17, 15) is 17.6 Å². The fourth-order valence-electron chi connectivity index (χ4n) is 2.14. The Bertz CT molecular complexity index is 957. The molecule has 0 amide bonds. The zero-order valence-electron chi connectivity index (χ0n) is 12.5. The predicted molar refractivity (Wildman–Crippen MR) is 80.9 cm³/mol. The molecule has 25 heavy (non-hydrogen) atoms. The lowest BCUT2D eigenvalue weighted by molar-refractivity contribution is -0.144. The molecule has 1 aromatic carbocycles. The average Bonchev–Trinajstić information content (AvgIpc) is 2.97. The van der Waals surface area contributed by atoms with Gasteiger partial charge in [0.25, 0.3) is 0 Å². The lowest BCUT2D eigenvalue weighted by Gasteiger charge is -2.09. The first-order valence-electron chi connectivity index (χ1n) is 6.99. The number of aromatic nitrogens is 5. The molecular weight excluding hydrogens is 340 g/mol. The molecule has 10 heteroatoms. The van der Waals surface area contributed by atoms with Crippen LogP contribution >= 0.6 is 0 Å². The van der Waals surface area contributed by atoms with Gasteiger partial charge in [0.15, 0.2) is 17.0 Å². The number of anilines is 1. The topological polar surface area (TPSA) is 68.5 Å². The second-order valence-electron chi connectivity index (χ2n) is 4.96. The number of hydrogen-bond donors (Lipinski definition) is 1. The summed E-state index contributed by atoms with van der Waals surface area (Å²) >= 11 is 0. The van der Waals surface area contributed by atoms with Crippen LogP contribution in [0, 0.1) is 18.2 Å². The molecule has 0 aliphatic carbocycles. The Morgan fingerprint density at radius 1 is 1.20 bits per heavy atom. The molecular formula is C15H10F4N6. The van der Waals surface area contributed by atoms with Gasteiger partial charge < -0.3 is 5.32 Å². The van der Waals surface area contributed by atoms with Crippen molar-refractivity contribution >= 4 is 17.0 Å². The molecule has 3 aromatic rings. The molecule has 0 saturated heterocycles. The number of halogens is 4. The van der Waals surface area contributed by atoms with E-state index >= 15 is 0 Å². The SMILES string of the molecule is C#CCNc1nc(C(F)(F)F)nc2c1nnn2Cc1ccccc1F. The van der Waals surface area contributed by atoms with E-state index < -0.39 is 17.8 Å². The molecule has 2 heterocycles. The Hall–Kier alpha value is -3.22. The van der Waals surface area contributed by atoms with Crippen molar-refractivity contribution in [2.24, 2.45) is 0 Å². The molecule has 0 radical (unpaired) electrons. The van der Waals surface area contributed by atoms with Crippen LogP contribution in [0.1, 0.15) is 11.4 Å². The first-order valence-corrected chi connectivity index (χ1v) is 6.99. The van der Waals surface area contributed by atoms with Gasteiger partial charge in [0.05, 0.1) is 13.1 Å². The monoisotopic (exact) mass is 350 g/mol. The summed E-state index contributed by atoms with van der Waals surface area (Å²) in [5.41, 5.74) is 0.0734. The quantitative estimate of drug-likeness (QED) is 0.578. The molecule has 0 aliphatic heterocycles. The van der Waals surface area contributed by atoms with Crippen molar-refractivity contribution in [1.82, 2.24) is 25.0 Å². The number of nitrogens with one attached hydrogen (secondary N) is 1. The largest absolute Gasteiger partial charge is 0.451 e. The lowest BCUT2D eigenvalue weighted by Crippen LogP contribution is -2.15. The number of alkyl halides is 3. The third-order valence-corrected chi connectivity index (χ3v) is 3.25. The Morgan fingerprint density at radius 2 is 1.96 bits per heavy atom. The van der Waals surface area contributed by atoms with Crippen LogP contribution in [0.5, 0.6) is 0 Å². The van der Waals surface area contributed by atoms with Crippen molar-refractivity contribution in [2.75, 3.05) is 11.9 Å². The minimum absolute atomic E-state index is 0.0135. The number of nitrogens with zero attached hydrogens (tertiary/aromatic N) is 5. The van der Waals surface area contributed by atoms with Gasteiger partial charge in [-0.2, -0.15) is 13.2 Å². The Morgan fingerprint density at radius 3 is 2.64 bits per heavy atom. The predicted octanol–water partition coefficient (Wildman–Crippen LogP) is 2.47. The summed E-state index contributed by atoms with van der Waals surface area (Å²) in [5, 5.41) is 10.1. The van der Waals surface area contributed by atoms with E-state index in [0.29, 0.717) is 0 Å². The molecule has 6 nitrogen and oxygen atoms in total. The van der Waals surface area contributed by atoms with Crippen molar-refractivity contribution in [3.05, 3.63) is 41.5 Å². The van der Waals surface area contributed by atoms with Gasteiger partial charge in [0.2, 0.25) is 5.82 Å². The highest BCUT2D eigenvalue weighted by Gasteiger charge is 2.36. The van der Waals surface area contributed by atoms with E-state index in [1.54, 1.807) is 6.07 Å². The maximum Gasteiger partial charge on any atom is 0.451 e. The van der Waals surface area contributed by atoms with Gasteiger partial charge in [-0.1, -0.05) is 29.3 Å². The molecule has 0 aliphatic rings. The van der Waals surface area contributed by atoms with Crippen LogP contribution in [0.2, 0.25) is 0 Å². The summed E-state index contributed by atoms with van der Waals surface area (Å²) in [6, 6.07) is 5.84. The fourth-order valence-corrected chi connectivity index (χ4v) is 2.14. The summed E-state index contributed by atoms with van der Waals surface area (Å²) in [7, 11) is 0. The average molecular weight is 350 g/mol. The third kappa shape index (κ3) is 3.35. The third-order valence-electron chi connectivity index (χ3n) is 3.25. The lowest BCUT2D eigenvalue weighted by atomic mass is 10.2. The van der Waals surface area contributed by atoms with Crippen LogP contribution in [-0.4, -0.2) is 31.5 Å². The molecule has 0 unspecified atom stereocenters. The standard InChI is InChI=1S/C15H10F4N6/c1-2-7-20-12-11-13(22-14(21-12)15(17,18)19)25(24-23-11)8-9-5-3-4-6-10(9)16/h1,3-6H,7-8H2,(H,20,21,22). The smallest absolute Gasteiger partial charge is 0.357 e. The normalized spacial score (nSPS) is 11.5. The minimum atomic E-state index is -4.77. The highest BCUT2D eigenvalue weighted by atomic mass is 19.4. The molecule has 1 N–H and O–H groups in total. The maximum absolute atomic E-state index is 13.8. The van der Waals surface area contributed by atoms with E-state index in [2.05, 4.69) is 31.5 Å². The fraction of sp³-hybridized carbons (Fsp3) is 0.200. The summed E-state index contributed by atoms with van der Waals surface area (Å²) in [4.78, 5) is 6.90. The van der Waals surface area contributed by atoms with Gasteiger partial charge in [-0.05, 0) is 6.07 Å². The second kappa shape index (κ2) is 6.35. The zero-order valence-corrected chi connectivity index (χ0v) is 12.5. The van der Waals surface area contributed by atoms with Crippen molar-refractivity contribution in [3.8, 4) is 12.3 Å².